The van der Waals surface area contributed by atoms with Gasteiger partial charge in [0.25, 0.3) is 0 Å². The van der Waals surface area contributed by atoms with Crippen molar-refractivity contribution in [2.24, 2.45) is 0 Å². The number of carboxylic acids is 2. The van der Waals surface area contributed by atoms with Crippen LogP contribution in [0.4, 0.5) is 0 Å². The molecule has 0 bridgehead atoms. The van der Waals surface area contributed by atoms with Crippen molar-refractivity contribution in [2.45, 2.75) is 50.8 Å². The Morgan fingerprint density at radius 1 is 1.15 bits per heavy atom. The summed E-state index contributed by atoms with van der Waals surface area (Å²) in [7, 11) is 0. The van der Waals surface area contributed by atoms with Crippen molar-refractivity contribution >= 4 is 11.9 Å². The van der Waals surface area contributed by atoms with Gasteiger partial charge in [-0.2, -0.15) is 0 Å². The van der Waals surface area contributed by atoms with Crippen molar-refractivity contribution in [3.05, 3.63) is 0 Å². The van der Waals surface area contributed by atoms with Crippen molar-refractivity contribution in [2.75, 3.05) is 46.1 Å². The van der Waals surface area contributed by atoms with Gasteiger partial charge in [-0.15, -0.1) is 0 Å². The van der Waals surface area contributed by atoms with Crippen LogP contribution in [0.25, 0.3) is 0 Å². The predicted molar refractivity (Wildman–Crippen MR) is 94.2 cm³/mol. The molecule has 152 valence electrons. The fraction of sp³-hybridized carbons (Fsp3) is 0.882. The van der Waals surface area contributed by atoms with E-state index in [0.717, 1.165) is 32.4 Å². The molecule has 0 aromatic heterocycles. The van der Waals surface area contributed by atoms with Crippen LogP contribution in [0, 0.1) is 0 Å². The SMILES string of the molecule is C[C@@H](O)[C@H](NCCCOCCOCCCN1CCC[C@H]1C(=O)O)C(=O)O. The number of hydrogen-bond acceptors (Lipinski definition) is 7. The maximum Gasteiger partial charge on any atom is 0.323 e. The molecule has 1 aliphatic rings. The highest BCUT2D eigenvalue weighted by molar-refractivity contribution is 5.74. The van der Waals surface area contributed by atoms with Gasteiger partial charge in [0.15, 0.2) is 0 Å². The van der Waals surface area contributed by atoms with E-state index in [1.54, 1.807) is 0 Å². The lowest BCUT2D eigenvalue weighted by molar-refractivity contribution is -0.143. The van der Waals surface area contributed by atoms with Crippen molar-refractivity contribution in [3.8, 4) is 0 Å². The Kier molecular flexibility index (Phi) is 11.4. The average Bonchev–Trinajstić information content (AvgIpc) is 3.03. The molecule has 9 heteroatoms. The molecule has 0 radical (unpaired) electrons. The number of rotatable bonds is 15. The summed E-state index contributed by atoms with van der Waals surface area (Å²) in [6.45, 7) is 5.44. The molecule has 4 N–H and O–H groups in total. The van der Waals surface area contributed by atoms with Gasteiger partial charge in [-0.3, -0.25) is 14.5 Å². The molecular formula is C17H32N2O7. The molecule has 1 fully saturated rings. The second kappa shape index (κ2) is 13.0. The zero-order valence-corrected chi connectivity index (χ0v) is 15.4. The van der Waals surface area contributed by atoms with Gasteiger partial charge in [0.2, 0.25) is 0 Å². The van der Waals surface area contributed by atoms with Gasteiger partial charge in [0.05, 0.1) is 19.3 Å². The number of hydrogen-bond donors (Lipinski definition) is 4. The zero-order valence-electron chi connectivity index (χ0n) is 15.4. The first-order chi connectivity index (χ1) is 12.4. The van der Waals surface area contributed by atoms with Crippen molar-refractivity contribution in [1.82, 2.24) is 10.2 Å². The van der Waals surface area contributed by atoms with Gasteiger partial charge < -0.3 is 30.1 Å². The third-order valence-electron chi connectivity index (χ3n) is 4.33. The van der Waals surface area contributed by atoms with Crippen LogP contribution in [0.3, 0.4) is 0 Å². The van der Waals surface area contributed by atoms with Gasteiger partial charge in [0.1, 0.15) is 12.1 Å². The van der Waals surface area contributed by atoms with E-state index in [1.807, 2.05) is 4.90 Å². The van der Waals surface area contributed by atoms with Gasteiger partial charge in [-0.1, -0.05) is 0 Å². The number of ether oxygens (including phenoxy) is 2. The molecule has 0 saturated carbocycles. The number of aliphatic hydroxyl groups is 1. The number of nitrogens with zero attached hydrogens (tertiary/aromatic N) is 1. The van der Waals surface area contributed by atoms with E-state index in [9.17, 15) is 14.7 Å². The van der Waals surface area contributed by atoms with Crippen LogP contribution >= 0.6 is 0 Å². The Bertz CT molecular complexity index is 420. The summed E-state index contributed by atoms with van der Waals surface area (Å²) in [6, 6.07) is -1.31. The Morgan fingerprint density at radius 3 is 2.38 bits per heavy atom. The van der Waals surface area contributed by atoms with E-state index < -0.39 is 24.1 Å². The van der Waals surface area contributed by atoms with E-state index >= 15 is 0 Å². The maximum atomic E-state index is 11.1. The van der Waals surface area contributed by atoms with E-state index in [2.05, 4.69) is 5.32 Å². The van der Waals surface area contributed by atoms with Crippen LogP contribution in [0.15, 0.2) is 0 Å². The molecule has 0 aromatic carbocycles. The Balaban J connectivity index is 1.91. The number of carboxylic acid groups (broad SMARTS) is 2. The average molecular weight is 376 g/mol. The first-order valence-corrected chi connectivity index (χ1v) is 9.20. The number of aliphatic hydroxyl groups excluding tert-OH is 1. The molecule has 26 heavy (non-hydrogen) atoms. The topological polar surface area (TPSA) is 129 Å². The number of aliphatic carboxylic acids is 2. The first-order valence-electron chi connectivity index (χ1n) is 9.20. The smallest absolute Gasteiger partial charge is 0.323 e. The second-order valence-electron chi connectivity index (χ2n) is 6.47. The molecule has 1 heterocycles. The molecule has 0 spiro atoms. The van der Waals surface area contributed by atoms with Crippen LogP contribution in [-0.4, -0.2) is 96.4 Å². The van der Waals surface area contributed by atoms with Gasteiger partial charge >= 0.3 is 11.9 Å². The molecule has 1 rings (SSSR count). The Hall–Kier alpha value is -1.26. The summed E-state index contributed by atoms with van der Waals surface area (Å²) >= 11 is 0. The summed E-state index contributed by atoms with van der Waals surface area (Å²) in [5.74, 6) is -1.81. The van der Waals surface area contributed by atoms with Crippen LogP contribution in [0.1, 0.15) is 32.6 Å². The summed E-state index contributed by atoms with van der Waals surface area (Å²) < 4.78 is 10.9. The quantitative estimate of drug-likeness (QED) is 0.287. The lowest BCUT2D eigenvalue weighted by atomic mass is 10.2. The first kappa shape index (κ1) is 22.8. The third-order valence-corrected chi connectivity index (χ3v) is 4.33. The molecular weight excluding hydrogens is 344 g/mol. The number of nitrogens with one attached hydrogen (secondary N) is 1. The van der Waals surface area contributed by atoms with E-state index in [1.165, 1.54) is 6.92 Å². The van der Waals surface area contributed by atoms with Crippen molar-refractivity contribution in [1.29, 1.82) is 0 Å². The fourth-order valence-electron chi connectivity index (χ4n) is 2.96. The molecule has 0 aliphatic carbocycles. The standard InChI is InChI=1S/C17H32N2O7/c1-13(20)15(17(23)24)18-6-3-9-25-11-12-26-10-4-8-19-7-2-5-14(19)16(21)22/h13-15,18,20H,2-12H2,1H3,(H,21,22)(H,23,24)/t13-,14+,15+/m1/s1. The lowest BCUT2D eigenvalue weighted by Gasteiger charge is -2.20. The number of likely N-dealkylation sites (tertiary alicyclic amines) is 1. The highest BCUT2D eigenvalue weighted by Crippen LogP contribution is 2.17. The predicted octanol–water partition coefficient (Wildman–Crippen LogP) is -0.228. The summed E-state index contributed by atoms with van der Waals surface area (Å²) in [6.07, 6.45) is 2.15. The monoisotopic (exact) mass is 376 g/mol. The van der Waals surface area contributed by atoms with Gasteiger partial charge in [-0.05, 0) is 45.7 Å². The molecule has 0 aromatic rings. The number of carbonyl (C=O) groups is 2. The van der Waals surface area contributed by atoms with Crippen LogP contribution in [0.2, 0.25) is 0 Å². The fourth-order valence-corrected chi connectivity index (χ4v) is 2.96. The second-order valence-corrected chi connectivity index (χ2v) is 6.47. The zero-order chi connectivity index (χ0) is 19.4. The van der Waals surface area contributed by atoms with Crippen LogP contribution in [0.5, 0.6) is 0 Å². The molecule has 3 atom stereocenters. The minimum atomic E-state index is -1.07. The van der Waals surface area contributed by atoms with Gasteiger partial charge in [-0.25, -0.2) is 0 Å². The molecule has 0 amide bonds. The summed E-state index contributed by atoms with van der Waals surface area (Å²) in [5, 5.41) is 30.1. The normalized spacial score (nSPS) is 20.2. The molecule has 1 aliphatic heterocycles. The summed E-state index contributed by atoms with van der Waals surface area (Å²) in [4.78, 5) is 23.9. The highest BCUT2D eigenvalue weighted by atomic mass is 16.5. The van der Waals surface area contributed by atoms with E-state index in [4.69, 9.17) is 19.7 Å². The third kappa shape index (κ3) is 8.91. The lowest BCUT2D eigenvalue weighted by Crippen LogP contribution is -2.45. The van der Waals surface area contributed by atoms with Crippen LogP contribution in [-0.2, 0) is 19.1 Å². The van der Waals surface area contributed by atoms with Crippen LogP contribution < -0.4 is 5.32 Å². The molecule has 1 saturated heterocycles. The largest absolute Gasteiger partial charge is 0.480 e. The van der Waals surface area contributed by atoms with Crippen molar-refractivity contribution < 1.29 is 34.4 Å². The van der Waals surface area contributed by atoms with Gasteiger partial charge in [0, 0.05) is 19.8 Å². The van der Waals surface area contributed by atoms with E-state index in [0.29, 0.717) is 39.4 Å². The molecule has 9 nitrogen and oxygen atoms in total. The molecule has 0 unspecified atom stereocenters. The summed E-state index contributed by atoms with van der Waals surface area (Å²) in [5.41, 5.74) is 0. The minimum absolute atomic E-state index is 0.346. The Morgan fingerprint density at radius 2 is 1.81 bits per heavy atom. The van der Waals surface area contributed by atoms with Crippen molar-refractivity contribution in [3.63, 3.8) is 0 Å². The highest BCUT2D eigenvalue weighted by Gasteiger charge is 2.29. The Labute approximate surface area is 154 Å². The maximum absolute atomic E-state index is 11.1. The minimum Gasteiger partial charge on any atom is -0.480 e. The van der Waals surface area contributed by atoms with E-state index in [-0.39, 0.29) is 6.04 Å².